The van der Waals surface area contributed by atoms with E-state index in [2.05, 4.69) is 5.16 Å². The van der Waals surface area contributed by atoms with Crippen LogP contribution in [-0.4, -0.2) is 44.4 Å². The summed E-state index contributed by atoms with van der Waals surface area (Å²) in [7, 11) is -3.62. The first-order valence-corrected chi connectivity index (χ1v) is 8.69. The van der Waals surface area contributed by atoms with Gasteiger partial charge < -0.3 is 14.7 Å². The van der Waals surface area contributed by atoms with E-state index in [4.69, 9.17) is 21.2 Å². The van der Waals surface area contributed by atoms with Gasteiger partial charge in [0.05, 0.1) is 33.7 Å². The van der Waals surface area contributed by atoms with E-state index in [1.807, 2.05) is 0 Å². The fourth-order valence-corrected chi connectivity index (χ4v) is 3.90. The van der Waals surface area contributed by atoms with E-state index >= 15 is 0 Å². The molecule has 0 bridgehead atoms. The maximum Gasteiger partial charge on any atom is 0.337 e. The minimum atomic E-state index is -3.62. The molecule has 0 amide bonds. The van der Waals surface area contributed by atoms with Crippen LogP contribution in [0.4, 0.5) is 0 Å². The Hall–Kier alpha value is -1.64. The second-order valence-electron chi connectivity index (χ2n) is 5.09. The van der Waals surface area contributed by atoms with Crippen molar-refractivity contribution in [2.45, 2.75) is 17.6 Å². The van der Waals surface area contributed by atoms with Crippen molar-refractivity contribution in [2.75, 3.05) is 12.9 Å². The van der Waals surface area contributed by atoms with E-state index in [1.54, 1.807) is 0 Å². The number of fused-ring (bicyclic) bond motifs is 1. The third-order valence-corrected chi connectivity index (χ3v) is 5.17. The quantitative estimate of drug-likeness (QED) is 0.891. The summed E-state index contributed by atoms with van der Waals surface area (Å²) in [5.41, 5.74) is 0.215. The summed E-state index contributed by atoms with van der Waals surface area (Å²) in [6.07, 6.45) is 1.05. The average Bonchev–Trinajstić information content (AvgIpc) is 2.99. The molecule has 2 unspecified atom stereocenters. The van der Waals surface area contributed by atoms with Gasteiger partial charge in [0.2, 0.25) is 6.29 Å². The molecule has 7 nitrogen and oxygen atoms in total. The van der Waals surface area contributed by atoms with Crippen molar-refractivity contribution in [1.29, 1.82) is 0 Å². The topological polar surface area (TPSA) is 102 Å². The van der Waals surface area contributed by atoms with E-state index in [1.165, 1.54) is 12.1 Å². The molecular formula is C13H12ClNO6S. The van der Waals surface area contributed by atoms with E-state index < -0.39 is 22.1 Å². The van der Waals surface area contributed by atoms with Gasteiger partial charge in [0, 0.05) is 11.8 Å². The number of aromatic carboxylic acids is 1. The molecule has 9 heteroatoms. The molecule has 1 N–H and O–H groups in total. The number of hydrogen-bond acceptors (Lipinski definition) is 6. The highest BCUT2D eigenvalue weighted by Crippen LogP contribution is 2.37. The van der Waals surface area contributed by atoms with Crippen LogP contribution in [0.25, 0.3) is 0 Å². The van der Waals surface area contributed by atoms with Crippen LogP contribution < -0.4 is 0 Å². The number of carboxylic acids is 1. The molecule has 0 aromatic heterocycles. The molecule has 2 aliphatic heterocycles. The van der Waals surface area contributed by atoms with Crippen LogP contribution in [0.2, 0.25) is 5.02 Å². The monoisotopic (exact) mass is 345 g/mol. The van der Waals surface area contributed by atoms with Gasteiger partial charge in [-0.1, -0.05) is 16.8 Å². The number of ether oxygens (including phenoxy) is 1. The zero-order valence-corrected chi connectivity index (χ0v) is 13.0. The fourth-order valence-electron chi connectivity index (χ4n) is 2.61. The van der Waals surface area contributed by atoms with Crippen LogP contribution in [0.1, 0.15) is 22.3 Å². The summed E-state index contributed by atoms with van der Waals surface area (Å²) >= 11 is 6.16. The fraction of sp³-hybridized carbons (Fsp3) is 0.385. The van der Waals surface area contributed by atoms with Gasteiger partial charge in [-0.05, 0) is 18.6 Å². The normalized spacial score (nSPS) is 23.8. The van der Waals surface area contributed by atoms with Gasteiger partial charge in [-0.2, -0.15) is 0 Å². The van der Waals surface area contributed by atoms with Crippen molar-refractivity contribution in [2.24, 2.45) is 11.1 Å². The van der Waals surface area contributed by atoms with Gasteiger partial charge in [0.1, 0.15) is 0 Å². The first-order valence-electron chi connectivity index (χ1n) is 6.42. The lowest BCUT2D eigenvalue weighted by Gasteiger charge is -2.14. The highest BCUT2D eigenvalue weighted by atomic mass is 35.5. The Balaban J connectivity index is 2.24. The minimum Gasteiger partial charge on any atom is -0.478 e. The highest BCUT2D eigenvalue weighted by Gasteiger charge is 2.42. The lowest BCUT2D eigenvalue weighted by molar-refractivity contribution is -0.106. The van der Waals surface area contributed by atoms with Crippen LogP contribution in [-0.2, 0) is 19.4 Å². The second-order valence-corrected chi connectivity index (χ2v) is 7.46. The standard InChI is InChI=1S/C13H12ClNO6S/c1-22(18,19)8-3-2-6(12(16)17)10(14)9(8)11-7-4-5-20-13(7)21-15-11/h2-3,7,13H,4-5H2,1H3,(H,16,17). The summed E-state index contributed by atoms with van der Waals surface area (Å²) in [5, 5.41) is 12.9. The molecule has 0 aliphatic carbocycles. The summed E-state index contributed by atoms with van der Waals surface area (Å²) in [4.78, 5) is 16.3. The SMILES string of the molecule is CS(=O)(=O)c1ccc(C(=O)O)c(Cl)c1C1=NOC2OCCC12. The van der Waals surface area contributed by atoms with E-state index in [0.717, 1.165) is 6.26 Å². The molecule has 2 atom stereocenters. The van der Waals surface area contributed by atoms with Crippen molar-refractivity contribution in [3.05, 3.63) is 28.3 Å². The molecule has 3 rings (SSSR count). The van der Waals surface area contributed by atoms with E-state index in [-0.39, 0.29) is 27.0 Å². The van der Waals surface area contributed by atoms with Gasteiger partial charge in [0.25, 0.3) is 0 Å². The number of rotatable bonds is 3. The molecule has 118 valence electrons. The molecule has 1 aromatic carbocycles. The Labute approximate surface area is 131 Å². The number of hydrogen-bond donors (Lipinski definition) is 1. The van der Waals surface area contributed by atoms with Crippen molar-refractivity contribution in [3.8, 4) is 0 Å². The highest BCUT2D eigenvalue weighted by molar-refractivity contribution is 7.90. The van der Waals surface area contributed by atoms with Gasteiger partial charge in [-0.3, -0.25) is 0 Å². The Morgan fingerprint density at radius 3 is 2.82 bits per heavy atom. The van der Waals surface area contributed by atoms with Crippen molar-refractivity contribution >= 4 is 33.1 Å². The zero-order chi connectivity index (χ0) is 16.1. The molecule has 1 fully saturated rings. The molecule has 2 aliphatic rings. The molecule has 0 spiro atoms. The molecular weight excluding hydrogens is 334 g/mol. The van der Waals surface area contributed by atoms with Crippen LogP contribution in [0.3, 0.4) is 0 Å². The number of carboxylic acid groups (broad SMARTS) is 1. The Morgan fingerprint density at radius 1 is 1.45 bits per heavy atom. The van der Waals surface area contributed by atoms with Crippen molar-refractivity contribution < 1.29 is 27.9 Å². The van der Waals surface area contributed by atoms with Crippen LogP contribution >= 0.6 is 11.6 Å². The predicted molar refractivity (Wildman–Crippen MR) is 77.0 cm³/mol. The average molecular weight is 346 g/mol. The van der Waals surface area contributed by atoms with E-state index in [0.29, 0.717) is 18.7 Å². The summed E-state index contributed by atoms with van der Waals surface area (Å²) < 4.78 is 29.3. The lowest BCUT2D eigenvalue weighted by Crippen LogP contribution is -2.21. The molecule has 1 saturated heterocycles. The predicted octanol–water partition coefficient (Wildman–Crippen LogP) is 1.54. The number of benzene rings is 1. The van der Waals surface area contributed by atoms with Gasteiger partial charge in [-0.15, -0.1) is 0 Å². The molecule has 0 radical (unpaired) electrons. The molecule has 1 aromatic rings. The maximum absolute atomic E-state index is 12.0. The summed E-state index contributed by atoms with van der Waals surface area (Å²) in [6.45, 7) is 0.457. The number of nitrogens with zero attached hydrogens (tertiary/aromatic N) is 1. The second kappa shape index (κ2) is 5.22. The lowest BCUT2D eigenvalue weighted by atomic mass is 9.94. The summed E-state index contributed by atoms with van der Waals surface area (Å²) in [5.74, 6) is -1.51. The third-order valence-electron chi connectivity index (χ3n) is 3.64. The summed E-state index contributed by atoms with van der Waals surface area (Å²) in [6, 6.07) is 2.40. The maximum atomic E-state index is 12.0. The van der Waals surface area contributed by atoms with Crippen molar-refractivity contribution in [1.82, 2.24) is 0 Å². The van der Waals surface area contributed by atoms with Crippen LogP contribution in [0, 0.1) is 5.92 Å². The first kappa shape index (κ1) is 15.3. The largest absolute Gasteiger partial charge is 0.478 e. The molecule has 2 heterocycles. The van der Waals surface area contributed by atoms with Crippen LogP contribution in [0.15, 0.2) is 22.2 Å². The smallest absolute Gasteiger partial charge is 0.337 e. The van der Waals surface area contributed by atoms with Crippen LogP contribution in [0.5, 0.6) is 0 Å². The first-order chi connectivity index (χ1) is 10.3. The van der Waals surface area contributed by atoms with Gasteiger partial charge in [-0.25, -0.2) is 13.2 Å². The van der Waals surface area contributed by atoms with Crippen molar-refractivity contribution in [3.63, 3.8) is 0 Å². The number of sulfone groups is 1. The minimum absolute atomic E-state index is 0.0719. The Morgan fingerprint density at radius 2 is 2.18 bits per heavy atom. The number of halogens is 1. The molecule has 22 heavy (non-hydrogen) atoms. The Bertz CT molecular complexity index is 788. The Kier molecular flexibility index (Phi) is 3.62. The molecule has 0 saturated carbocycles. The van der Waals surface area contributed by atoms with Gasteiger partial charge >= 0.3 is 5.97 Å². The number of oxime groups is 1. The number of carbonyl (C=O) groups is 1. The van der Waals surface area contributed by atoms with Gasteiger partial charge in [0.15, 0.2) is 9.84 Å². The van der Waals surface area contributed by atoms with E-state index in [9.17, 15) is 18.3 Å². The zero-order valence-electron chi connectivity index (χ0n) is 11.4. The third kappa shape index (κ3) is 2.37.